The summed E-state index contributed by atoms with van der Waals surface area (Å²) in [4.78, 5) is 0. The number of phenolic OH excluding ortho intramolecular Hbond substituents is 1. The molecule has 1 heterocycles. The first-order valence-electron chi connectivity index (χ1n) is 6.57. The van der Waals surface area contributed by atoms with Crippen LogP contribution in [0.4, 0.5) is 5.69 Å². The Morgan fingerprint density at radius 1 is 1.39 bits per heavy atom. The molecule has 1 saturated heterocycles. The van der Waals surface area contributed by atoms with Crippen LogP contribution in [-0.2, 0) is 4.74 Å². The molecule has 1 unspecified atom stereocenters. The Bertz CT molecular complexity index is 443. The van der Waals surface area contributed by atoms with Gasteiger partial charge in [0, 0.05) is 12.8 Å². The summed E-state index contributed by atoms with van der Waals surface area (Å²) in [7, 11) is 0. The molecule has 1 aliphatic carbocycles. The van der Waals surface area contributed by atoms with Gasteiger partial charge >= 0.3 is 0 Å². The third-order valence-corrected chi connectivity index (χ3v) is 4.05. The minimum absolute atomic E-state index is 0.0640. The molecule has 1 saturated carbocycles. The number of aromatic hydroxyl groups is 1. The van der Waals surface area contributed by atoms with Crippen LogP contribution in [-0.4, -0.2) is 23.4 Å². The number of ether oxygens (including phenoxy) is 2. The standard InChI is InChI=1S/C14H19NO3/c15-13-11(16)3-1-4-12(13)18-10-5-8-17-14(9-10)6-2-7-14/h1,3-4,10,16H,2,5-9,15H2. The minimum Gasteiger partial charge on any atom is -0.506 e. The van der Waals surface area contributed by atoms with E-state index in [1.54, 1.807) is 18.2 Å². The van der Waals surface area contributed by atoms with Crippen molar-refractivity contribution in [3.8, 4) is 11.5 Å². The first-order valence-corrected chi connectivity index (χ1v) is 6.57. The van der Waals surface area contributed by atoms with Crippen molar-refractivity contribution in [2.75, 3.05) is 12.3 Å². The summed E-state index contributed by atoms with van der Waals surface area (Å²) in [5.41, 5.74) is 6.20. The van der Waals surface area contributed by atoms with Crippen LogP contribution in [0.3, 0.4) is 0 Å². The van der Waals surface area contributed by atoms with Crippen molar-refractivity contribution in [3.63, 3.8) is 0 Å². The van der Waals surface area contributed by atoms with Gasteiger partial charge in [-0.1, -0.05) is 6.07 Å². The van der Waals surface area contributed by atoms with Crippen molar-refractivity contribution in [1.29, 1.82) is 0 Å². The molecule has 1 atom stereocenters. The van der Waals surface area contributed by atoms with Crippen LogP contribution in [0.25, 0.3) is 0 Å². The van der Waals surface area contributed by atoms with Gasteiger partial charge in [0.25, 0.3) is 0 Å². The molecule has 1 spiro atoms. The van der Waals surface area contributed by atoms with E-state index in [4.69, 9.17) is 15.2 Å². The average molecular weight is 249 g/mol. The lowest BCUT2D eigenvalue weighted by Crippen LogP contribution is -2.48. The number of rotatable bonds is 2. The Kier molecular flexibility index (Phi) is 2.82. The van der Waals surface area contributed by atoms with Crippen LogP contribution < -0.4 is 10.5 Å². The minimum atomic E-state index is 0.0640. The molecule has 18 heavy (non-hydrogen) atoms. The second-order valence-corrected chi connectivity index (χ2v) is 5.31. The zero-order chi connectivity index (χ0) is 12.6. The van der Waals surface area contributed by atoms with Crippen molar-refractivity contribution in [2.45, 2.75) is 43.8 Å². The Morgan fingerprint density at radius 2 is 2.22 bits per heavy atom. The molecule has 1 aromatic carbocycles. The van der Waals surface area contributed by atoms with Gasteiger partial charge in [-0.15, -0.1) is 0 Å². The molecule has 4 nitrogen and oxygen atoms in total. The summed E-state index contributed by atoms with van der Waals surface area (Å²) in [6.45, 7) is 0.753. The van der Waals surface area contributed by atoms with Crippen LogP contribution >= 0.6 is 0 Å². The number of hydrogen-bond donors (Lipinski definition) is 2. The fourth-order valence-electron chi connectivity index (χ4n) is 2.82. The van der Waals surface area contributed by atoms with Gasteiger partial charge in [0.05, 0.1) is 12.2 Å². The predicted octanol–water partition coefficient (Wildman–Crippen LogP) is 2.45. The molecule has 2 aliphatic rings. The van der Waals surface area contributed by atoms with Crippen molar-refractivity contribution >= 4 is 5.69 Å². The van der Waals surface area contributed by atoms with Crippen molar-refractivity contribution in [2.24, 2.45) is 0 Å². The second kappa shape index (κ2) is 4.35. The van der Waals surface area contributed by atoms with Crippen LogP contribution in [0.5, 0.6) is 11.5 Å². The maximum absolute atomic E-state index is 9.56. The van der Waals surface area contributed by atoms with E-state index >= 15 is 0 Å². The van der Waals surface area contributed by atoms with E-state index in [1.807, 2.05) is 0 Å². The highest BCUT2D eigenvalue weighted by molar-refractivity contribution is 5.61. The molecule has 0 aromatic heterocycles. The summed E-state index contributed by atoms with van der Waals surface area (Å²) in [5.74, 6) is 0.661. The highest BCUT2D eigenvalue weighted by Gasteiger charge is 2.43. The summed E-state index contributed by atoms with van der Waals surface area (Å²) >= 11 is 0. The van der Waals surface area contributed by atoms with Gasteiger partial charge in [-0.2, -0.15) is 0 Å². The van der Waals surface area contributed by atoms with Crippen LogP contribution in [0.2, 0.25) is 0 Å². The molecular formula is C14H19NO3. The number of hydrogen-bond acceptors (Lipinski definition) is 4. The van der Waals surface area contributed by atoms with Crippen LogP contribution in [0, 0.1) is 0 Å². The molecule has 3 rings (SSSR count). The molecule has 0 amide bonds. The molecule has 1 aromatic rings. The number of nitrogens with two attached hydrogens (primary N) is 1. The van der Waals surface area contributed by atoms with E-state index in [1.165, 1.54) is 6.42 Å². The second-order valence-electron chi connectivity index (χ2n) is 5.31. The molecule has 98 valence electrons. The lowest BCUT2D eigenvalue weighted by atomic mass is 9.74. The summed E-state index contributed by atoms with van der Waals surface area (Å²) in [6, 6.07) is 5.12. The van der Waals surface area contributed by atoms with Gasteiger partial charge in [-0.25, -0.2) is 0 Å². The van der Waals surface area contributed by atoms with Gasteiger partial charge < -0.3 is 20.3 Å². The summed E-state index contributed by atoms with van der Waals surface area (Å²) in [5, 5.41) is 9.56. The number of benzene rings is 1. The molecule has 1 aliphatic heterocycles. The lowest BCUT2D eigenvalue weighted by Gasteiger charge is -2.46. The number of anilines is 1. The van der Waals surface area contributed by atoms with E-state index in [0.717, 1.165) is 32.3 Å². The van der Waals surface area contributed by atoms with Crippen molar-refractivity contribution in [3.05, 3.63) is 18.2 Å². The molecule has 3 N–H and O–H groups in total. The number of phenols is 1. The summed E-state index contributed by atoms with van der Waals surface area (Å²) in [6.07, 6.45) is 5.49. The largest absolute Gasteiger partial charge is 0.506 e. The molecule has 0 radical (unpaired) electrons. The Balaban J connectivity index is 1.70. The Hall–Kier alpha value is -1.42. The zero-order valence-corrected chi connectivity index (χ0v) is 10.4. The predicted molar refractivity (Wildman–Crippen MR) is 68.7 cm³/mol. The molecule has 2 fully saturated rings. The first-order chi connectivity index (χ1) is 8.69. The van der Waals surface area contributed by atoms with E-state index in [-0.39, 0.29) is 17.5 Å². The highest BCUT2D eigenvalue weighted by atomic mass is 16.5. The van der Waals surface area contributed by atoms with Gasteiger partial charge in [0.1, 0.15) is 23.3 Å². The number of nitrogen functional groups attached to an aromatic ring is 1. The zero-order valence-electron chi connectivity index (χ0n) is 10.4. The van der Waals surface area contributed by atoms with Crippen LogP contribution in [0.1, 0.15) is 32.1 Å². The maximum atomic E-state index is 9.56. The molecule has 0 bridgehead atoms. The van der Waals surface area contributed by atoms with E-state index < -0.39 is 0 Å². The third kappa shape index (κ3) is 2.01. The SMILES string of the molecule is Nc1c(O)cccc1OC1CCOC2(CCC2)C1. The van der Waals surface area contributed by atoms with E-state index in [9.17, 15) is 5.11 Å². The average Bonchev–Trinajstić information content (AvgIpc) is 2.34. The number of para-hydroxylation sites is 1. The lowest BCUT2D eigenvalue weighted by molar-refractivity contribution is -0.153. The van der Waals surface area contributed by atoms with Crippen molar-refractivity contribution in [1.82, 2.24) is 0 Å². The monoisotopic (exact) mass is 249 g/mol. The van der Waals surface area contributed by atoms with Crippen molar-refractivity contribution < 1.29 is 14.6 Å². The Morgan fingerprint density at radius 3 is 2.94 bits per heavy atom. The Labute approximate surface area is 107 Å². The van der Waals surface area contributed by atoms with Gasteiger partial charge in [-0.05, 0) is 31.4 Å². The van der Waals surface area contributed by atoms with E-state index in [0.29, 0.717) is 11.4 Å². The normalized spacial score (nSPS) is 25.7. The molecule has 4 heteroatoms. The third-order valence-electron chi connectivity index (χ3n) is 4.05. The fourth-order valence-corrected chi connectivity index (χ4v) is 2.82. The van der Waals surface area contributed by atoms with Gasteiger partial charge in [0.2, 0.25) is 0 Å². The topological polar surface area (TPSA) is 64.7 Å². The summed E-state index contributed by atoms with van der Waals surface area (Å²) < 4.78 is 11.8. The quantitative estimate of drug-likeness (QED) is 0.624. The first kappa shape index (κ1) is 11.7. The highest BCUT2D eigenvalue weighted by Crippen LogP contribution is 2.43. The maximum Gasteiger partial charge on any atom is 0.146 e. The van der Waals surface area contributed by atoms with Gasteiger partial charge in [-0.3, -0.25) is 0 Å². The van der Waals surface area contributed by atoms with E-state index in [2.05, 4.69) is 0 Å². The fraction of sp³-hybridized carbons (Fsp3) is 0.571. The van der Waals surface area contributed by atoms with Gasteiger partial charge in [0.15, 0.2) is 0 Å². The smallest absolute Gasteiger partial charge is 0.146 e. The molecular weight excluding hydrogens is 230 g/mol. The van der Waals surface area contributed by atoms with Crippen LogP contribution in [0.15, 0.2) is 18.2 Å².